The third-order valence-corrected chi connectivity index (χ3v) is 6.78. The first-order valence-electron chi connectivity index (χ1n) is 9.65. The van der Waals surface area contributed by atoms with Crippen LogP contribution in [0.2, 0.25) is 5.02 Å². The maximum Gasteiger partial charge on any atom is 0.152 e. The van der Waals surface area contributed by atoms with Crippen LogP contribution in [0.4, 0.5) is 0 Å². The van der Waals surface area contributed by atoms with Crippen molar-refractivity contribution in [3.63, 3.8) is 0 Å². The predicted molar refractivity (Wildman–Crippen MR) is 119 cm³/mol. The minimum absolute atomic E-state index is 0.145. The molecule has 2 aliphatic carbocycles. The Bertz CT molecular complexity index is 1110. The van der Waals surface area contributed by atoms with E-state index in [1.807, 2.05) is 12.3 Å². The summed E-state index contributed by atoms with van der Waals surface area (Å²) in [6.45, 7) is 0. The average molecular weight is 455 g/mol. The van der Waals surface area contributed by atoms with E-state index in [4.69, 9.17) is 22.3 Å². The van der Waals surface area contributed by atoms with Crippen molar-refractivity contribution >= 4 is 33.2 Å². The second-order valence-electron chi connectivity index (χ2n) is 7.79. The highest BCUT2D eigenvalue weighted by Crippen LogP contribution is 2.40. The summed E-state index contributed by atoms with van der Waals surface area (Å²) in [5.41, 5.74) is 11.7. The molecule has 1 unspecified atom stereocenters. The van der Waals surface area contributed by atoms with Gasteiger partial charge in [0.15, 0.2) is 5.65 Å². The molecule has 0 saturated heterocycles. The van der Waals surface area contributed by atoms with Crippen molar-refractivity contribution in [2.24, 2.45) is 5.73 Å². The summed E-state index contributed by atoms with van der Waals surface area (Å²) >= 11 is 9.99. The first-order valence-corrected chi connectivity index (χ1v) is 10.8. The molecule has 0 bridgehead atoms. The summed E-state index contributed by atoms with van der Waals surface area (Å²) in [5, 5.41) is 0.685. The zero-order valence-electron chi connectivity index (χ0n) is 15.4. The van der Waals surface area contributed by atoms with Gasteiger partial charge in [0, 0.05) is 23.2 Å². The average Bonchev–Trinajstić information content (AvgIpc) is 3.06. The summed E-state index contributed by atoms with van der Waals surface area (Å²) in [6, 6.07) is 10.5. The molecule has 1 atom stereocenters. The molecule has 2 aromatic heterocycles. The molecule has 0 radical (unpaired) electrons. The van der Waals surface area contributed by atoms with E-state index in [0.29, 0.717) is 5.02 Å². The van der Waals surface area contributed by atoms with Gasteiger partial charge >= 0.3 is 0 Å². The van der Waals surface area contributed by atoms with Crippen LogP contribution < -0.4 is 5.73 Å². The Morgan fingerprint density at radius 2 is 1.96 bits per heavy atom. The number of hydrogen-bond acceptors (Lipinski definition) is 2. The fourth-order valence-corrected chi connectivity index (χ4v) is 5.11. The summed E-state index contributed by atoms with van der Waals surface area (Å²) < 4.78 is 3.02. The van der Waals surface area contributed by atoms with Crippen LogP contribution in [0.5, 0.6) is 0 Å². The SMILES string of the molecule is NC1(c2ccc(-c3nc4c(Br)cc(Cl)cn4c3C3C=CC=CC3)cc2)CCC1. The topological polar surface area (TPSA) is 43.3 Å². The Kier molecular flexibility index (Phi) is 4.46. The van der Waals surface area contributed by atoms with E-state index in [1.165, 1.54) is 12.0 Å². The van der Waals surface area contributed by atoms with E-state index in [1.54, 1.807) is 0 Å². The molecule has 0 amide bonds. The van der Waals surface area contributed by atoms with E-state index in [9.17, 15) is 0 Å². The van der Waals surface area contributed by atoms with Crippen molar-refractivity contribution in [3.8, 4) is 11.3 Å². The number of rotatable bonds is 3. The smallest absolute Gasteiger partial charge is 0.152 e. The van der Waals surface area contributed by atoms with Crippen LogP contribution >= 0.6 is 27.5 Å². The molecule has 28 heavy (non-hydrogen) atoms. The van der Waals surface area contributed by atoms with E-state index in [2.05, 4.69) is 68.9 Å². The molecule has 1 saturated carbocycles. The van der Waals surface area contributed by atoms with Gasteiger partial charge in [0.05, 0.1) is 20.9 Å². The minimum Gasteiger partial charge on any atom is -0.321 e. The number of imidazole rings is 1. The summed E-state index contributed by atoms with van der Waals surface area (Å²) in [7, 11) is 0. The number of benzene rings is 1. The molecule has 3 nitrogen and oxygen atoms in total. The first kappa shape index (κ1) is 18.2. The highest BCUT2D eigenvalue weighted by Gasteiger charge is 2.34. The second-order valence-corrected chi connectivity index (χ2v) is 9.08. The second kappa shape index (κ2) is 6.87. The molecule has 1 aromatic carbocycles. The highest BCUT2D eigenvalue weighted by molar-refractivity contribution is 9.10. The van der Waals surface area contributed by atoms with E-state index in [-0.39, 0.29) is 11.5 Å². The fraction of sp³-hybridized carbons (Fsp3) is 0.261. The quantitative estimate of drug-likeness (QED) is 0.501. The van der Waals surface area contributed by atoms with Gasteiger partial charge in [-0.25, -0.2) is 4.98 Å². The van der Waals surface area contributed by atoms with E-state index in [0.717, 1.165) is 46.3 Å². The van der Waals surface area contributed by atoms with Crippen molar-refractivity contribution in [2.45, 2.75) is 37.1 Å². The number of pyridine rings is 1. The van der Waals surface area contributed by atoms with Gasteiger partial charge in [0.1, 0.15) is 0 Å². The maximum absolute atomic E-state index is 6.50. The van der Waals surface area contributed by atoms with Crippen molar-refractivity contribution in [1.82, 2.24) is 9.38 Å². The lowest BCUT2D eigenvalue weighted by molar-refractivity contribution is 0.253. The zero-order valence-corrected chi connectivity index (χ0v) is 17.7. The zero-order chi connectivity index (χ0) is 19.3. The number of hydrogen-bond donors (Lipinski definition) is 1. The van der Waals surface area contributed by atoms with Crippen LogP contribution in [-0.4, -0.2) is 9.38 Å². The summed E-state index contributed by atoms with van der Waals surface area (Å²) in [4.78, 5) is 4.99. The molecule has 1 fully saturated rings. The Morgan fingerprint density at radius 3 is 2.61 bits per heavy atom. The van der Waals surface area contributed by atoms with Gasteiger partial charge in [-0.3, -0.25) is 0 Å². The van der Waals surface area contributed by atoms with Crippen molar-refractivity contribution in [3.05, 3.63) is 81.6 Å². The number of nitrogens with two attached hydrogens (primary N) is 1. The number of aromatic nitrogens is 2. The van der Waals surface area contributed by atoms with Crippen LogP contribution in [0.1, 0.15) is 42.9 Å². The third-order valence-electron chi connectivity index (χ3n) is 5.99. The van der Waals surface area contributed by atoms with Crippen molar-refractivity contribution in [2.75, 3.05) is 0 Å². The van der Waals surface area contributed by atoms with Gasteiger partial charge in [-0.15, -0.1) is 0 Å². The minimum atomic E-state index is -0.145. The Morgan fingerprint density at radius 1 is 1.18 bits per heavy atom. The Hall–Kier alpha value is -1.88. The highest BCUT2D eigenvalue weighted by atomic mass is 79.9. The van der Waals surface area contributed by atoms with Crippen molar-refractivity contribution in [1.29, 1.82) is 0 Å². The van der Waals surface area contributed by atoms with Gasteiger partial charge < -0.3 is 10.1 Å². The molecule has 142 valence electrons. The Labute approximate surface area is 178 Å². The molecular weight excluding hydrogens is 434 g/mol. The summed E-state index contributed by atoms with van der Waals surface area (Å²) in [6.07, 6.45) is 14.9. The molecular formula is C23H21BrClN3. The lowest BCUT2D eigenvalue weighted by Crippen LogP contribution is -2.43. The summed E-state index contributed by atoms with van der Waals surface area (Å²) in [5.74, 6) is 0.257. The number of fused-ring (bicyclic) bond motifs is 1. The van der Waals surface area contributed by atoms with Crippen LogP contribution in [0.15, 0.2) is 65.3 Å². The number of halogens is 2. The fourth-order valence-electron chi connectivity index (χ4n) is 4.25. The van der Waals surface area contributed by atoms with Crippen LogP contribution in [0.3, 0.4) is 0 Å². The molecule has 3 aromatic rings. The Balaban J connectivity index is 1.67. The molecule has 2 aliphatic rings. The molecule has 5 rings (SSSR count). The molecule has 2 heterocycles. The third kappa shape index (κ3) is 2.95. The largest absolute Gasteiger partial charge is 0.321 e. The first-order chi connectivity index (χ1) is 13.5. The van der Waals surface area contributed by atoms with Gasteiger partial charge in [-0.2, -0.15) is 0 Å². The number of allylic oxidation sites excluding steroid dienone is 4. The van der Waals surface area contributed by atoms with Gasteiger partial charge in [-0.05, 0) is 53.2 Å². The number of nitrogens with zero attached hydrogens (tertiary/aromatic N) is 2. The van der Waals surface area contributed by atoms with Gasteiger partial charge in [0.25, 0.3) is 0 Å². The maximum atomic E-state index is 6.50. The molecule has 0 aliphatic heterocycles. The van der Waals surface area contributed by atoms with Crippen LogP contribution in [0.25, 0.3) is 16.9 Å². The monoisotopic (exact) mass is 453 g/mol. The van der Waals surface area contributed by atoms with E-state index >= 15 is 0 Å². The van der Waals surface area contributed by atoms with Crippen LogP contribution in [0, 0.1) is 0 Å². The van der Waals surface area contributed by atoms with E-state index < -0.39 is 0 Å². The lowest BCUT2D eigenvalue weighted by Gasteiger charge is -2.38. The van der Waals surface area contributed by atoms with Gasteiger partial charge in [-0.1, -0.05) is 60.2 Å². The predicted octanol–water partition coefficient (Wildman–Crippen LogP) is 6.35. The van der Waals surface area contributed by atoms with Crippen molar-refractivity contribution < 1.29 is 0 Å². The molecule has 5 heteroatoms. The van der Waals surface area contributed by atoms with Crippen LogP contribution in [-0.2, 0) is 5.54 Å². The molecule has 0 spiro atoms. The standard InChI is InChI=1S/C23H21BrClN3/c24-19-13-18(25)14-28-21(16-5-2-1-3-6-16)20(27-22(19)28)15-7-9-17(10-8-15)23(26)11-4-12-23/h1-3,5,7-10,13-14,16H,4,6,11-12,26H2. The lowest BCUT2D eigenvalue weighted by atomic mass is 9.72. The molecule has 2 N–H and O–H groups in total. The van der Waals surface area contributed by atoms with Gasteiger partial charge in [0.2, 0.25) is 0 Å². The normalized spacial score (nSPS) is 20.5.